The second kappa shape index (κ2) is 9.10. The summed E-state index contributed by atoms with van der Waals surface area (Å²) in [6, 6.07) is 5.85. The smallest absolute Gasteiger partial charge is 0.220 e. The van der Waals surface area contributed by atoms with E-state index in [1.807, 2.05) is 32.0 Å². The molecule has 0 atom stereocenters. The van der Waals surface area contributed by atoms with E-state index in [1.54, 1.807) is 17.5 Å². The second-order valence-corrected chi connectivity index (χ2v) is 8.11. The molecule has 27 heavy (non-hydrogen) atoms. The van der Waals surface area contributed by atoms with Crippen molar-refractivity contribution in [3.05, 3.63) is 45.3 Å². The molecule has 2 aromatic heterocycles. The second-order valence-electron chi connectivity index (χ2n) is 6.65. The maximum atomic E-state index is 12.2. The van der Waals surface area contributed by atoms with Crippen LogP contribution in [0.25, 0.3) is 0 Å². The number of nitrogens with one attached hydrogen (secondary N) is 1. The molecule has 0 saturated carbocycles. The van der Waals surface area contributed by atoms with Crippen LogP contribution in [0.15, 0.2) is 24.4 Å². The highest BCUT2D eigenvalue weighted by atomic mass is 32.1. The zero-order valence-corrected chi connectivity index (χ0v) is 16.6. The van der Waals surface area contributed by atoms with Crippen LogP contribution < -0.4 is 10.2 Å². The lowest BCUT2D eigenvalue weighted by Crippen LogP contribution is -2.36. The van der Waals surface area contributed by atoms with Crippen LogP contribution in [0.1, 0.15) is 38.5 Å². The van der Waals surface area contributed by atoms with E-state index in [4.69, 9.17) is 4.74 Å². The molecule has 7 heteroatoms. The Morgan fingerprint density at radius 3 is 2.63 bits per heavy atom. The van der Waals surface area contributed by atoms with Crippen LogP contribution in [0.4, 0.5) is 5.82 Å². The molecule has 1 aliphatic heterocycles. The number of amides is 1. The average Bonchev–Trinajstić information content (AvgIpc) is 3.03. The van der Waals surface area contributed by atoms with E-state index in [-0.39, 0.29) is 24.5 Å². The van der Waals surface area contributed by atoms with Crippen molar-refractivity contribution in [3.63, 3.8) is 0 Å². The Kier molecular flexibility index (Phi) is 6.58. The van der Waals surface area contributed by atoms with Crippen LogP contribution in [0.2, 0.25) is 0 Å². The third-order valence-electron chi connectivity index (χ3n) is 4.55. The van der Waals surface area contributed by atoms with Gasteiger partial charge in [-0.3, -0.25) is 9.59 Å². The number of rotatable bonds is 7. The van der Waals surface area contributed by atoms with Crippen LogP contribution in [0, 0.1) is 13.8 Å². The van der Waals surface area contributed by atoms with Crippen molar-refractivity contribution < 1.29 is 14.3 Å². The molecule has 1 fully saturated rings. The van der Waals surface area contributed by atoms with Gasteiger partial charge in [0.05, 0.1) is 13.2 Å². The average molecular weight is 388 g/mol. The predicted octanol–water partition coefficient (Wildman–Crippen LogP) is 2.88. The van der Waals surface area contributed by atoms with Crippen molar-refractivity contribution in [1.29, 1.82) is 0 Å². The molecule has 0 unspecified atom stereocenters. The molecule has 1 amide bonds. The molecule has 1 saturated heterocycles. The van der Waals surface area contributed by atoms with Gasteiger partial charge >= 0.3 is 0 Å². The maximum absolute atomic E-state index is 12.2. The Morgan fingerprint density at radius 1 is 1.22 bits per heavy atom. The third-order valence-corrected chi connectivity index (χ3v) is 5.52. The number of pyridine rings is 1. The summed E-state index contributed by atoms with van der Waals surface area (Å²) in [6.07, 6.45) is 2.22. The van der Waals surface area contributed by atoms with E-state index in [9.17, 15) is 9.59 Å². The third kappa shape index (κ3) is 5.37. The normalized spacial score (nSPS) is 14.2. The summed E-state index contributed by atoms with van der Waals surface area (Å²) in [6.45, 7) is 7.49. The first kappa shape index (κ1) is 19.5. The first-order chi connectivity index (χ1) is 13.0. The minimum absolute atomic E-state index is 0.0310. The highest BCUT2D eigenvalue weighted by molar-refractivity contribution is 7.12. The minimum Gasteiger partial charge on any atom is -0.378 e. The molecule has 0 aliphatic carbocycles. The van der Waals surface area contributed by atoms with E-state index in [0.717, 1.165) is 53.0 Å². The number of carbonyl (C=O) groups is 2. The quantitative estimate of drug-likeness (QED) is 0.740. The van der Waals surface area contributed by atoms with Crippen molar-refractivity contribution in [2.24, 2.45) is 0 Å². The molecular weight excluding hydrogens is 362 g/mol. The van der Waals surface area contributed by atoms with Gasteiger partial charge in [-0.05, 0) is 31.5 Å². The van der Waals surface area contributed by atoms with Gasteiger partial charge in [0.15, 0.2) is 5.78 Å². The summed E-state index contributed by atoms with van der Waals surface area (Å²) in [5, 5.41) is 2.86. The van der Waals surface area contributed by atoms with Gasteiger partial charge in [0.1, 0.15) is 5.82 Å². The number of ether oxygens (including phenoxy) is 1. The van der Waals surface area contributed by atoms with Crippen molar-refractivity contribution in [1.82, 2.24) is 10.3 Å². The number of morpholine rings is 1. The SMILES string of the molecule is Cc1cc(C(=O)CCC(=O)NCc2ccc(N3CCOCC3)nc2)c(C)s1. The van der Waals surface area contributed by atoms with Crippen LogP contribution in [-0.4, -0.2) is 43.0 Å². The molecule has 1 aliphatic rings. The number of ketones is 1. The summed E-state index contributed by atoms with van der Waals surface area (Å²) in [5.41, 5.74) is 1.68. The van der Waals surface area contributed by atoms with Crippen LogP contribution in [-0.2, 0) is 16.1 Å². The molecule has 144 valence electrons. The van der Waals surface area contributed by atoms with Gasteiger partial charge in [-0.25, -0.2) is 4.98 Å². The molecular formula is C20H25N3O3S. The molecule has 0 spiro atoms. The van der Waals surface area contributed by atoms with Gasteiger partial charge in [0.2, 0.25) is 5.91 Å². The van der Waals surface area contributed by atoms with Crippen molar-refractivity contribution >= 4 is 28.8 Å². The molecule has 6 nitrogen and oxygen atoms in total. The topological polar surface area (TPSA) is 71.5 Å². The van der Waals surface area contributed by atoms with Crippen molar-refractivity contribution in [2.75, 3.05) is 31.2 Å². The summed E-state index contributed by atoms with van der Waals surface area (Å²) >= 11 is 1.61. The monoisotopic (exact) mass is 387 g/mol. The lowest BCUT2D eigenvalue weighted by Gasteiger charge is -2.27. The van der Waals surface area contributed by atoms with Crippen molar-refractivity contribution in [2.45, 2.75) is 33.2 Å². The van der Waals surface area contributed by atoms with Gasteiger partial charge in [-0.15, -0.1) is 11.3 Å². The number of aryl methyl sites for hydroxylation is 2. The molecule has 0 bridgehead atoms. The lowest BCUT2D eigenvalue weighted by molar-refractivity contribution is -0.121. The fourth-order valence-corrected chi connectivity index (χ4v) is 4.00. The number of aromatic nitrogens is 1. The Labute approximate surface area is 163 Å². The number of nitrogens with zero attached hydrogens (tertiary/aromatic N) is 2. The number of hydrogen-bond donors (Lipinski definition) is 1. The molecule has 1 N–H and O–H groups in total. The Bertz CT molecular complexity index is 795. The zero-order valence-electron chi connectivity index (χ0n) is 15.8. The summed E-state index contributed by atoms with van der Waals surface area (Å²) < 4.78 is 5.35. The van der Waals surface area contributed by atoms with Gasteiger partial charge in [-0.1, -0.05) is 6.07 Å². The summed E-state index contributed by atoms with van der Waals surface area (Å²) in [7, 11) is 0. The van der Waals surface area contributed by atoms with Crippen LogP contribution in [0.5, 0.6) is 0 Å². The highest BCUT2D eigenvalue weighted by Gasteiger charge is 2.14. The van der Waals surface area contributed by atoms with E-state index >= 15 is 0 Å². The van der Waals surface area contributed by atoms with Gasteiger partial charge in [0.25, 0.3) is 0 Å². The van der Waals surface area contributed by atoms with E-state index in [0.29, 0.717) is 6.54 Å². The van der Waals surface area contributed by atoms with Gasteiger partial charge in [-0.2, -0.15) is 0 Å². The zero-order chi connectivity index (χ0) is 19.2. The number of carbonyl (C=O) groups excluding carboxylic acids is 2. The molecule has 0 radical (unpaired) electrons. The van der Waals surface area contributed by atoms with E-state index < -0.39 is 0 Å². The van der Waals surface area contributed by atoms with E-state index in [2.05, 4.69) is 15.2 Å². The number of anilines is 1. The molecule has 0 aromatic carbocycles. The molecule has 3 heterocycles. The Morgan fingerprint density at radius 2 is 2.00 bits per heavy atom. The van der Waals surface area contributed by atoms with Gasteiger partial charge in [0, 0.05) is 54.0 Å². The highest BCUT2D eigenvalue weighted by Crippen LogP contribution is 2.22. The number of hydrogen-bond acceptors (Lipinski definition) is 6. The minimum atomic E-state index is -0.120. The predicted molar refractivity (Wildman–Crippen MR) is 106 cm³/mol. The van der Waals surface area contributed by atoms with Crippen molar-refractivity contribution in [3.8, 4) is 0 Å². The fourth-order valence-electron chi connectivity index (χ4n) is 3.06. The summed E-state index contributed by atoms with van der Waals surface area (Å²) in [4.78, 5) is 33.1. The number of Topliss-reactive ketones (excluding diaryl/α,β-unsaturated/α-hetero) is 1. The fraction of sp³-hybridized carbons (Fsp3) is 0.450. The number of thiophene rings is 1. The summed E-state index contributed by atoms with van der Waals surface area (Å²) in [5.74, 6) is 0.842. The lowest BCUT2D eigenvalue weighted by atomic mass is 10.1. The maximum Gasteiger partial charge on any atom is 0.220 e. The van der Waals surface area contributed by atoms with Crippen LogP contribution in [0.3, 0.4) is 0 Å². The first-order valence-corrected chi connectivity index (χ1v) is 9.99. The standard InChI is InChI=1S/C20H25N3O3S/c1-14-11-17(15(2)27-14)18(24)4-6-20(25)22-13-16-3-5-19(21-12-16)23-7-9-26-10-8-23/h3,5,11-12H,4,6-10,13H2,1-2H3,(H,22,25). The molecule has 3 rings (SSSR count). The molecule has 2 aromatic rings. The van der Waals surface area contributed by atoms with Gasteiger partial charge < -0.3 is 15.0 Å². The largest absolute Gasteiger partial charge is 0.378 e. The Hall–Kier alpha value is -2.25. The van der Waals surface area contributed by atoms with E-state index in [1.165, 1.54) is 0 Å². The Balaban J connectivity index is 1.43. The first-order valence-electron chi connectivity index (χ1n) is 9.17. The van der Waals surface area contributed by atoms with Crippen LogP contribution >= 0.6 is 11.3 Å².